The zero-order valence-electron chi connectivity index (χ0n) is 13.4. The van der Waals surface area contributed by atoms with Gasteiger partial charge in [-0.3, -0.25) is 4.79 Å². The van der Waals surface area contributed by atoms with E-state index < -0.39 is 6.10 Å². The van der Waals surface area contributed by atoms with Crippen molar-refractivity contribution in [2.24, 2.45) is 0 Å². The first-order valence-electron chi connectivity index (χ1n) is 7.75. The van der Waals surface area contributed by atoms with E-state index in [2.05, 4.69) is 10.3 Å². The number of aliphatic hydroxyl groups excluding tert-OH is 1. The van der Waals surface area contributed by atoms with Crippen LogP contribution in [0.2, 0.25) is 15.1 Å². The van der Waals surface area contributed by atoms with Crippen molar-refractivity contribution in [3.8, 4) is 5.75 Å². The second-order valence-corrected chi connectivity index (χ2v) is 6.86. The molecule has 5 nitrogen and oxygen atoms in total. The van der Waals surface area contributed by atoms with Crippen molar-refractivity contribution in [3.05, 3.63) is 63.2 Å². The summed E-state index contributed by atoms with van der Waals surface area (Å²) < 4.78 is 5.44. The molecule has 3 aromatic rings. The van der Waals surface area contributed by atoms with Gasteiger partial charge in [-0.05, 0) is 30.3 Å². The summed E-state index contributed by atoms with van der Waals surface area (Å²) in [7, 11) is 0. The molecule has 1 aromatic heterocycles. The summed E-state index contributed by atoms with van der Waals surface area (Å²) in [5, 5.41) is 14.7. The predicted molar refractivity (Wildman–Crippen MR) is 104 cm³/mol. The molecule has 3 N–H and O–H groups in total. The van der Waals surface area contributed by atoms with Gasteiger partial charge in [-0.2, -0.15) is 0 Å². The third-order valence-electron chi connectivity index (χ3n) is 3.67. The largest absolute Gasteiger partial charge is 0.489 e. The number of halogens is 3. The van der Waals surface area contributed by atoms with Crippen LogP contribution < -0.4 is 10.1 Å². The Morgan fingerprint density at radius 2 is 2.00 bits per heavy atom. The Kier molecular flexibility index (Phi) is 5.94. The topological polar surface area (TPSA) is 74.3 Å². The monoisotopic (exact) mass is 412 g/mol. The zero-order valence-corrected chi connectivity index (χ0v) is 15.7. The fraction of sp³-hybridized carbons (Fsp3) is 0.167. The van der Waals surface area contributed by atoms with Gasteiger partial charge < -0.3 is 20.1 Å². The molecule has 2 aromatic carbocycles. The van der Waals surface area contributed by atoms with E-state index in [1.54, 1.807) is 36.4 Å². The number of ether oxygens (including phenoxy) is 1. The zero-order chi connectivity index (χ0) is 18.7. The van der Waals surface area contributed by atoms with Gasteiger partial charge in [0, 0.05) is 22.5 Å². The number of hydrogen-bond acceptors (Lipinski definition) is 3. The molecule has 8 heteroatoms. The molecule has 0 radical (unpaired) electrons. The Balaban J connectivity index is 1.54. The number of nitrogens with one attached hydrogen (secondary N) is 2. The highest BCUT2D eigenvalue weighted by atomic mass is 35.5. The first kappa shape index (κ1) is 18.9. The second-order valence-electron chi connectivity index (χ2n) is 5.64. The van der Waals surface area contributed by atoms with Crippen LogP contribution in [0.15, 0.2) is 42.5 Å². The van der Waals surface area contributed by atoms with E-state index in [1.807, 2.05) is 6.07 Å². The Hall–Kier alpha value is -1.92. The van der Waals surface area contributed by atoms with Gasteiger partial charge in [0.2, 0.25) is 0 Å². The molecule has 1 heterocycles. The lowest BCUT2D eigenvalue weighted by molar-refractivity contribution is 0.0840. The van der Waals surface area contributed by atoms with Crippen molar-refractivity contribution in [1.82, 2.24) is 10.3 Å². The van der Waals surface area contributed by atoms with E-state index in [0.29, 0.717) is 21.5 Å². The number of H-pyrrole nitrogens is 1. The van der Waals surface area contributed by atoms with Gasteiger partial charge >= 0.3 is 0 Å². The van der Waals surface area contributed by atoms with Crippen molar-refractivity contribution in [2.75, 3.05) is 13.2 Å². The van der Waals surface area contributed by atoms with Crippen molar-refractivity contribution < 1.29 is 14.6 Å². The van der Waals surface area contributed by atoms with Gasteiger partial charge in [0.25, 0.3) is 5.91 Å². The van der Waals surface area contributed by atoms with E-state index in [4.69, 9.17) is 39.5 Å². The van der Waals surface area contributed by atoms with E-state index in [0.717, 1.165) is 10.9 Å². The molecule has 0 saturated heterocycles. The van der Waals surface area contributed by atoms with Crippen LogP contribution in [0.5, 0.6) is 5.75 Å². The number of carbonyl (C=O) groups excluding carboxylic acids is 1. The molecule has 0 aliphatic heterocycles. The number of amides is 1. The van der Waals surface area contributed by atoms with Crippen LogP contribution in [0.1, 0.15) is 10.5 Å². The normalized spacial score (nSPS) is 12.2. The van der Waals surface area contributed by atoms with Gasteiger partial charge in [-0.1, -0.05) is 46.9 Å². The van der Waals surface area contributed by atoms with Gasteiger partial charge in [-0.15, -0.1) is 0 Å². The molecule has 26 heavy (non-hydrogen) atoms. The molecule has 0 saturated carbocycles. The first-order valence-corrected chi connectivity index (χ1v) is 8.89. The minimum Gasteiger partial charge on any atom is -0.489 e. The summed E-state index contributed by atoms with van der Waals surface area (Å²) in [6.45, 7) is -0.0181. The average molecular weight is 414 g/mol. The smallest absolute Gasteiger partial charge is 0.267 e. The molecule has 136 valence electrons. The van der Waals surface area contributed by atoms with Crippen LogP contribution in [-0.2, 0) is 0 Å². The molecule has 0 fully saturated rings. The summed E-state index contributed by atoms with van der Waals surface area (Å²) in [6, 6.07) is 12.0. The van der Waals surface area contributed by atoms with Crippen LogP contribution >= 0.6 is 34.8 Å². The summed E-state index contributed by atoms with van der Waals surface area (Å²) in [4.78, 5) is 15.2. The van der Waals surface area contributed by atoms with Gasteiger partial charge in [0.05, 0.1) is 5.02 Å². The van der Waals surface area contributed by atoms with E-state index >= 15 is 0 Å². The molecule has 3 rings (SSSR count). The maximum atomic E-state index is 12.2. The molecular weight excluding hydrogens is 399 g/mol. The molecule has 0 aliphatic carbocycles. The SMILES string of the molecule is O=C(NCC(O)COc1cccc(Cl)c1Cl)c1cc2ccc(Cl)cc2[nH]1. The van der Waals surface area contributed by atoms with Gasteiger partial charge in [0.15, 0.2) is 0 Å². The standard InChI is InChI=1S/C18H15Cl3N2O3/c19-11-5-4-10-6-15(23-14(10)7-11)18(25)22-8-12(24)9-26-16-3-1-2-13(20)17(16)21/h1-7,12,23-24H,8-9H2,(H,22,25). The Morgan fingerprint density at radius 3 is 2.81 bits per heavy atom. The molecule has 1 amide bonds. The van der Waals surface area contributed by atoms with E-state index in [1.165, 1.54) is 0 Å². The highest BCUT2D eigenvalue weighted by Gasteiger charge is 2.13. The fourth-order valence-corrected chi connectivity index (χ4v) is 2.89. The quantitative estimate of drug-likeness (QED) is 0.564. The number of aliphatic hydroxyl groups is 1. The summed E-state index contributed by atoms with van der Waals surface area (Å²) >= 11 is 17.8. The number of carbonyl (C=O) groups is 1. The number of aromatic nitrogens is 1. The van der Waals surface area contributed by atoms with Crippen molar-refractivity contribution in [3.63, 3.8) is 0 Å². The number of hydrogen-bond donors (Lipinski definition) is 3. The van der Waals surface area contributed by atoms with Crippen molar-refractivity contribution in [2.45, 2.75) is 6.10 Å². The second kappa shape index (κ2) is 8.18. The third-order valence-corrected chi connectivity index (χ3v) is 4.71. The molecule has 1 unspecified atom stereocenters. The lowest BCUT2D eigenvalue weighted by Crippen LogP contribution is -2.35. The number of benzene rings is 2. The van der Waals surface area contributed by atoms with E-state index in [-0.39, 0.29) is 24.1 Å². The molecule has 0 spiro atoms. The Bertz CT molecular complexity index is 943. The maximum Gasteiger partial charge on any atom is 0.267 e. The van der Waals surface area contributed by atoms with Crippen molar-refractivity contribution >= 4 is 51.6 Å². The van der Waals surface area contributed by atoms with E-state index in [9.17, 15) is 9.90 Å². The third kappa shape index (κ3) is 4.43. The van der Waals surface area contributed by atoms with Crippen LogP contribution in [0.4, 0.5) is 0 Å². The predicted octanol–water partition coefficient (Wildman–Crippen LogP) is 4.30. The fourth-order valence-electron chi connectivity index (χ4n) is 2.37. The molecule has 0 aliphatic rings. The van der Waals surface area contributed by atoms with Gasteiger partial charge in [-0.25, -0.2) is 0 Å². The lowest BCUT2D eigenvalue weighted by atomic mass is 10.2. The number of aromatic amines is 1. The molecular formula is C18H15Cl3N2O3. The summed E-state index contributed by atoms with van der Waals surface area (Å²) in [6.07, 6.45) is -0.909. The molecule has 0 bridgehead atoms. The Labute approximate surface area is 164 Å². The van der Waals surface area contributed by atoms with Crippen LogP contribution in [-0.4, -0.2) is 35.3 Å². The minimum atomic E-state index is -0.909. The van der Waals surface area contributed by atoms with Crippen LogP contribution in [0.3, 0.4) is 0 Å². The van der Waals surface area contributed by atoms with Gasteiger partial charge in [0.1, 0.15) is 29.2 Å². The summed E-state index contributed by atoms with van der Waals surface area (Å²) in [5.41, 5.74) is 1.15. The highest BCUT2D eigenvalue weighted by molar-refractivity contribution is 6.42. The summed E-state index contributed by atoms with van der Waals surface area (Å²) in [5.74, 6) is 0.0363. The highest BCUT2D eigenvalue weighted by Crippen LogP contribution is 2.31. The first-order chi connectivity index (χ1) is 12.4. The minimum absolute atomic E-state index is 0.0210. The molecule has 1 atom stereocenters. The van der Waals surface area contributed by atoms with Crippen LogP contribution in [0, 0.1) is 0 Å². The Morgan fingerprint density at radius 1 is 1.19 bits per heavy atom. The van der Waals surface area contributed by atoms with Crippen molar-refractivity contribution in [1.29, 1.82) is 0 Å². The van der Waals surface area contributed by atoms with Crippen LogP contribution in [0.25, 0.3) is 10.9 Å². The maximum absolute atomic E-state index is 12.2. The number of fused-ring (bicyclic) bond motifs is 1. The number of rotatable bonds is 6. The average Bonchev–Trinajstić information content (AvgIpc) is 3.04. The lowest BCUT2D eigenvalue weighted by Gasteiger charge is -2.14.